The van der Waals surface area contributed by atoms with Gasteiger partial charge < -0.3 is 20.2 Å². The van der Waals surface area contributed by atoms with Crippen molar-refractivity contribution >= 4 is 31.6 Å². The maximum Gasteiger partial charge on any atom is 0.300 e. The van der Waals surface area contributed by atoms with E-state index in [-0.39, 0.29) is 0 Å². The first kappa shape index (κ1) is 19.1. The minimum atomic E-state index is -5.44. The van der Waals surface area contributed by atoms with Gasteiger partial charge in [0.25, 0.3) is 21.5 Å². The molecular weight excluding hydrogens is 380 g/mol. The van der Waals surface area contributed by atoms with E-state index in [0.29, 0.717) is 12.1 Å². The summed E-state index contributed by atoms with van der Waals surface area (Å²) < 4.78 is 63.1. The summed E-state index contributed by atoms with van der Waals surface area (Å²) in [5, 5.41) is 27.9. The Morgan fingerprint density at radius 1 is 0.875 bits per heavy atom. The summed E-state index contributed by atoms with van der Waals surface area (Å²) in [5.74, 6) is 0. The van der Waals surface area contributed by atoms with Crippen molar-refractivity contribution in [2.24, 2.45) is 20.7 Å². The van der Waals surface area contributed by atoms with Gasteiger partial charge in [0.05, 0.1) is 20.3 Å². The first-order valence-corrected chi connectivity index (χ1v) is 7.96. The fourth-order valence-electron chi connectivity index (χ4n) is 1.34. The predicted octanol–water partition coefficient (Wildman–Crippen LogP) is 0.731. The minimum Gasteiger partial charge on any atom is -0.337 e. The Bertz CT molecular complexity index is 964. The fraction of sp³-hybridized carbons (Fsp3) is 0. The van der Waals surface area contributed by atoms with Gasteiger partial charge in [0.2, 0.25) is 0 Å². The molecule has 0 aliphatic rings. The molecule has 16 nitrogen and oxygen atoms in total. The van der Waals surface area contributed by atoms with E-state index >= 15 is 0 Å². The van der Waals surface area contributed by atoms with Gasteiger partial charge in [-0.1, -0.05) is 0 Å². The molecule has 0 aliphatic heterocycles. The lowest BCUT2D eigenvalue weighted by atomic mass is 10.3. The Labute approximate surface area is 131 Å². The number of rotatable bonds is 6. The zero-order valence-electron chi connectivity index (χ0n) is 10.8. The molecule has 0 aromatic heterocycles. The Balaban J connectivity index is 3.97. The van der Waals surface area contributed by atoms with Crippen molar-refractivity contribution in [2.75, 3.05) is 0 Å². The van der Waals surface area contributed by atoms with Crippen molar-refractivity contribution in [2.45, 2.75) is 9.79 Å². The zero-order valence-corrected chi connectivity index (χ0v) is 12.4. The topological polar surface area (TPSA) is 244 Å². The molecule has 0 radical (unpaired) electrons. The molecule has 0 unspecified atom stereocenters. The van der Waals surface area contributed by atoms with Crippen molar-refractivity contribution in [3.05, 3.63) is 32.4 Å². The molecule has 0 aliphatic carbocycles. The van der Waals surface area contributed by atoms with Gasteiger partial charge in [-0.05, 0) is 12.1 Å². The van der Waals surface area contributed by atoms with Crippen LogP contribution >= 0.6 is 0 Å². The summed E-state index contributed by atoms with van der Waals surface area (Å²) in [6.07, 6.45) is 0. The van der Waals surface area contributed by atoms with E-state index in [4.69, 9.17) is 9.11 Å². The first-order valence-electron chi connectivity index (χ1n) is 5.08. The summed E-state index contributed by atoms with van der Waals surface area (Å²) in [4.78, 5) is 17.3. The maximum absolute atomic E-state index is 11.4. The van der Waals surface area contributed by atoms with Gasteiger partial charge in [-0.15, -0.1) is 0 Å². The van der Waals surface area contributed by atoms with Crippen LogP contribution in [-0.2, 0) is 20.2 Å². The van der Waals surface area contributed by atoms with Crippen LogP contribution in [0.3, 0.4) is 0 Å². The van der Waals surface area contributed by atoms with E-state index in [2.05, 4.69) is 20.7 Å². The molecule has 1 aromatic carbocycles. The standard InChI is InChI=1S/C6H4N6O10S2/c13-11(14)9-7-3-1-2-4(23(17,18)19)6(24(20,21)22)5(3)8-10-12(15)16/h1-2H,(H,17,18,19)(H,20,21,22). The van der Waals surface area contributed by atoms with Crippen molar-refractivity contribution in [3.63, 3.8) is 0 Å². The molecule has 0 saturated carbocycles. The van der Waals surface area contributed by atoms with E-state index in [9.17, 15) is 37.1 Å². The highest BCUT2D eigenvalue weighted by Gasteiger charge is 2.35. The summed E-state index contributed by atoms with van der Waals surface area (Å²) in [7, 11) is -10.7. The molecule has 18 heteroatoms. The second kappa shape index (κ2) is 6.66. The molecule has 24 heavy (non-hydrogen) atoms. The predicted molar refractivity (Wildman–Crippen MR) is 69.1 cm³/mol. The van der Waals surface area contributed by atoms with Crippen LogP contribution in [0.4, 0.5) is 11.4 Å². The molecule has 0 fully saturated rings. The molecule has 0 spiro atoms. The van der Waals surface area contributed by atoms with Gasteiger partial charge in [-0.2, -0.15) is 16.8 Å². The van der Waals surface area contributed by atoms with Crippen LogP contribution in [0.5, 0.6) is 0 Å². The van der Waals surface area contributed by atoms with E-state index < -0.39 is 51.5 Å². The molecule has 0 amide bonds. The lowest BCUT2D eigenvalue weighted by Gasteiger charge is -2.03. The molecule has 1 aromatic rings. The van der Waals surface area contributed by atoms with E-state index in [0.717, 1.165) is 0 Å². The third kappa shape index (κ3) is 4.77. The van der Waals surface area contributed by atoms with Gasteiger partial charge in [0.1, 0.15) is 4.90 Å². The van der Waals surface area contributed by atoms with E-state index in [1.54, 1.807) is 0 Å². The normalized spacial score (nSPS) is 12.8. The summed E-state index contributed by atoms with van der Waals surface area (Å²) in [6, 6.07) is 0.983. The molecular formula is C6H4N6O10S2. The molecule has 1 rings (SSSR count). The van der Waals surface area contributed by atoms with Crippen molar-refractivity contribution < 1.29 is 36.0 Å². The summed E-state index contributed by atoms with van der Waals surface area (Å²) in [6.45, 7) is 0. The third-order valence-corrected chi connectivity index (χ3v) is 4.01. The molecule has 2 N–H and O–H groups in total. The van der Waals surface area contributed by atoms with E-state index in [1.807, 2.05) is 0 Å². The highest BCUT2D eigenvalue weighted by molar-refractivity contribution is 7.89. The Hall–Kier alpha value is -2.96. The lowest BCUT2D eigenvalue weighted by Crippen LogP contribution is -2.08. The van der Waals surface area contributed by atoms with Gasteiger partial charge in [0.15, 0.2) is 15.3 Å². The second-order valence-corrected chi connectivity index (χ2v) is 6.31. The Kier molecular flexibility index (Phi) is 5.29. The van der Waals surface area contributed by atoms with Crippen molar-refractivity contribution in [3.8, 4) is 0 Å². The molecule has 130 valence electrons. The molecule has 0 atom stereocenters. The van der Waals surface area contributed by atoms with Crippen LogP contribution in [0.1, 0.15) is 0 Å². The zero-order chi connectivity index (χ0) is 18.7. The monoisotopic (exact) mass is 384 g/mol. The highest BCUT2D eigenvalue weighted by atomic mass is 32.2. The lowest BCUT2D eigenvalue weighted by molar-refractivity contribution is -0.494. The highest BCUT2D eigenvalue weighted by Crippen LogP contribution is 2.39. The van der Waals surface area contributed by atoms with Crippen molar-refractivity contribution in [1.82, 2.24) is 0 Å². The van der Waals surface area contributed by atoms with Crippen LogP contribution in [0.25, 0.3) is 0 Å². The SMILES string of the molecule is O=[N+]([O-])N=Nc1ccc(S(=O)(=O)O)c(S(=O)(=O)O)c1N=N[N+](=O)[O-]. The Morgan fingerprint density at radius 2 is 1.38 bits per heavy atom. The van der Waals surface area contributed by atoms with Crippen LogP contribution in [0, 0.1) is 20.2 Å². The van der Waals surface area contributed by atoms with Gasteiger partial charge in [-0.3, -0.25) is 9.11 Å². The maximum atomic E-state index is 11.4. The molecule has 0 bridgehead atoms. The summed E-state index contributed by atoms with van der Waals surface area (Å²) in [5.41, 5.74) is -2.13. The molecule has 0 heterocycles. The average molecular weight is 384 g/mol. The van der Waals surface area contributed by atoms with Crippen LogP contribution in [-0.4, -0.2) is 36.0 Å². The fourth-order valence-corrected chi connectivity index (χ4v) is 3.25. The smallest absolute Gasteiger partial charge is 0.300 e. The largest absolute Gasteiger partial charge is 0.337 e. The Morgan fingerprint density at radius 3 is 1.79 bits per heavy atom. The molecule has 0 saturated heterocycles. The number of hydrogen-bond donors (Lipinski definition) is 2. The van der Waals surface area contributed by atoms with Crippen LogP contribution in [0.2, 0.25) is 0 Å². The van der Waals surface area contributed by atoms with E-state index in [1.165, 1.54) is 0 Å². The van der Waals surface area contributed by atoms with Gasteiger partial charge >= 0.3 is 10.1 Å². The number of nitrogens with zero attached hydrogens (tertiary/aromatic N) is 6. The summed E-state index contributed by atoms with van der Waals surface area (Å²) >= 11 is 0. The van der Waals surface area contributed by atoms with Crippen LogP contribution < -0.4 is 0 Å². The van der Waals surface area contributed by atoms with Crippen molar-refractivity contribution in [1.29, 1.82) is 0 Å². The number of hydrogen-bond acceptors (Lipinski definition) is 10. The number of nitro groups is 2. The second-order valence-electron chi connectivity index (χ2n) is 3.57. The van der Waals surface area contributed by atoms with Gasteiger partial charge in [0, 0.05) is 0 Å². The third-order valence-electron chi connectivity index (χ3n) is 2.05. The minimum absolute atomic E-state index is 0.401. The first-order chi connectivity index (χ1) is 10.8. The number of benzene rings is 1. The van der Waals surface area contributed by atoms with Crippen LogP contribution in [0.15, 0.2) is 42.6 Å². The quantitative estimate of drug-likeness (QED) is 0.301. The van der Waals surface area contributed by atoms with Gasteiger partial charge in [-0.25, -0.2) is 0 Å². The average Bonchev–Trinajstić information content (AvgIpc) is 2.39.